The SMILES string of the molecule is CC(Nc1nc(N)ns1)c1ccc(F)cc1. The molecule has 1 aromatic carbocycles. The first-order valence-corrected chi connectivity index (χ1v) is 5.53. The van der Waals surface area contributed by atoms with Crippen molar-refractivity contribution in [3.05, 3.63) is 35.6 Å². The van der Waals surface area contributed by atoms with Crippen LogP contribution in [0.3, 0.4) is 0 Å². The molecule has 0 fully saturated rings. The molecule has 2 rings (SSSR count). The van der Waals surface area contributed by atoms with Crippen molar-refractivity contribution in [1.82, 2.24) is 9.36 Å². The number of hydrogen-bond acceptors (Lipinski definition) is 5. The van der Waals surface area contributed by atoms with Crippen LogP contribution >= 0.6 is 11.5 Å². The molecule has 2 aromatic rings. The zero-order chi connectivity index (χ0) is 11.5. The van der Waals surface area contributed by atoms with Gasteiger partial charge in [-0.05, 0) is 24.6 Å². The van der Waals surface area contributed by atoms with E-state index >= 15 is 0 Å². The van der Waals surface area contributed by atoms with E-state index in [0.29, 0.717) is 5.13 Å². The fourth-order valence-electron chi connectivity index (χ4n) is 1.31. The van der Waals surface area contributed by atoms with Crippen LogP contribution in [0.1, 0.15) is 18.5 Å². The van der Waals surface area contributed by atoms with Gasteiger partial charge in [0.05, 0.1) is 6.04 Å². The second kappa shape index (κ2) is 4.44. The second-order valence-electron chi connectivity index (χ2n) is 3.38. The van der Waals surface area contributed by atoms with Crippen LogP contribution in [0, 0.1) is 5.82 Å². The second-order valence-corrected chi connectivity index (χ2v) is 4.13. The van der Waals surface area contributed by atoms with Crippen LogP contribution in [0.2, 0.25) is 0 Å². The van der Waals surface area contributed by atoms with Gasteiger partial charge in [-0.2, -0.15) is 9.36 Å². The van der Waals surface area contributed by atoms with Gasteiger partial charge in [0.2, 0.25) is 11.1 Å². The number of nitrogens with zero attached hydrogens (tertiary/aromatic N) is 2. The summed E-state index contributed by atoms with van der Waals surface area (Å²) < 4.78 is 16.6. The first-order chi connectivity index (χ1) is 7.65. The van der Waals surface area contributed by atoms with Crippen molar-refractivity contribution in [1.29, 1.82) is 0 Å². The molecule has 0 saturated carbocycles. The van der Waals surface area contributed by atoms with Crippen LogP contribution in [-0.4, -0.2) is 9.36 Å². The molecule has 4 nitrogen and oxygen atoms in total. The summed E-state index contributed by atoms with van der Waals surface area (Å²) in [5, 5.41) is 3.80. The van der Waals surface area contributed by atoms with Crippen molar-refractivity contribution >= 4 is 22.6 Å². The van der Waals surface area contributed by atoms with E-state index in [4.69, 9.17) is 5.73 Å². The van der Waals surface area contributed by atoms with Gasteiger partial charge in [-0.25, -0.2) is 4.39 Å². The molecule has 0 saturated heterocycles. The molecule has 1 aromatic heterocycles. The summed E-state index contributed by atoms with van der Waals surface area (Å²) in [6, 6.07) is 6.37. The molecule has 84 valence electrons. The Hall–Kier alpha value is -1.69. The number of nitrogens with two attached hydrogens (primary N) is 1. The van der Waals surface area contributed by atoms with E-state index in [1.165, 1.54) is 23.7 Å². The maximum Gasteiger partial charge on any atom is 0.233 e. The summed E-state index contributed by atoms with van der Waals surface area (Å²) in [6.07, 6.45) is 0. The molecule has 16 heavy (non-hydrogen) atoms. The largest absolute Gasteiger partial charge is 0.367 e. The number of anilines is 2. The van der Waals surface area contributed by atoms with E-state index in [1.54, 1.807) is 12.1 Å². The lowest BCUT2D eigenvalue weighted by Gasteiger charge is -2.12. The predicted molar refractivity (Wildman–Crippen MR) is 62.8 cm³/mol. The van der Waals surface area contributed by atoms with E-state index in [0.717, 1.165) is 5.56 Å². The Morgan fingerprint density at radius 2 is 2.06 bits per heavy atom. The minimum Gasteiger partial charge on any atom is -0.367 e. The van der Waals surface area contributed by atoms with Gasteiger partial charge >= 0.3 is 0 Å². The van der Waals surface area contributed by atoms with E-state index in [1.807, 2.05) is 6.92 Å². The summed E-state index contributed by atoms with van der Waals surface area (Å²) in [5.41, 5.74) is 6.39. The molecular weight excluding hydrogens is 227 g/mol. The van der Waals surface area contributed by atoms with Gasteiger partial charge in [0.1, 0.15) is 5.82 Å². The molecule has 0 amide bonds. The average Bonchev–Trinajstić information content (AvgIpc) is 2.65. The molecule has 0 bridgehead atoms. The third-order valence-electron chi connectivity index (χ3n) is 2.15. The quantitative estimate of drug-likeness (QED) is 0.862. The highest BCUT2D eigenvalue weighted by atomic mass is 32.1. The van der Waals surface area contributed by atoms with Crippen molar-refractivity contribution in [2.24, 2.45) is 0 Å². The van der Waals surface area contributed by atoms with Crippen LogP contribution in [0.4, 0.5) is 15.5 Å². The summed E-state index contributed by atoms with van der Waals surface area (Å²) >= 11 is 1.20. The minimum absolute atomic E-state index is 0.0351. The van der Waals surface area contributed by atoms with Gasteiger partial charge in [-0.15, -0.1) is 0 Å². The summed E-state index contributed by atoms with van der Waals surface area (Å²) in [7, 11) is 0. The maximum absolute atomic E-state index is 12.7. The van der Waals surface area contributed by atoms with Crippen LogP contribution in [-0.2, 0) is 0 Å². The third-order valence-corrected chi connectivity index (χ3v) is 2.81. The summed E-state index contributed by atoms with van der Waals surface area (Å²) in [6.45, 7) is 1.96. The normalized spacial score (nSPS) is 12.4. The van der Waals surface area contributed by atoms with Crippen molar-refractivity contribution in [2.75, 3.05) is 11.1 Å². The predicted octanol–water partition coefficient (Wildman–Crippen LogP) is 2.43. The van der Waals surface area contributed by atoms with Crippen molar-refractivity contribution in [2.45, 2.75) is 13.0 Å². The molecular formula is C10H11FN4S. The van der Waals surface area contributed by atoms with Crippen LogP contribution < -0.4 is 11.1 Å². The lowest BCUT2D eigenvalue weighted by Crippen LogP contribution is -2.06. The molecule has 1 unspecified atom stereocenters. The molecule has 6 heteroatoms. The zero-order valence-electron chi connectivity index (χ0n) is 8.64. The smallest absolute Gasteiger partial charge is 0.233 e. The minimum atomic E-state index is -0.240. The summed E-state index contributed by atoms with van der Waals surface area (Å²) in [5.74, 6) is 0.0231. The number of nitrogens with one attached hydrogen (secondary N) is 1. The Kier molecular flexibility index (Phi) is 3.00. The van der Waals surface area contributed by atoms with E-state index in [9.17, 15) is 4.39 Å². The fourth-order valence-corrected chi connectivity index (χ4v) is 1.90. The molecule has 0 radical (unpaired) electrons. The number of hydrogen-bond donors (Lipinski definition) is 2. The molecule has 0 aliphatic heterocycles. The van der Waals surface area contributed by atoms with Gasteiger partial charge in [-0.3, -0.25) is 0 Å². The highest BCUT2D eigenvalue weighted by Gasteiger charge is 2.08. The van der Waals surface area contributed by atoms with Gasteiger partial charge in [-0.1, -0.05) is 12.1 Å². The van der Waals surface area contributed by atoms with Crippen LogP contribution in [0.25, 0.3) is 0 Å². The molecule has 0 spiro atoms. The van der Waals surface area contributed by atoms with Crippen LogP contribution in [0.15, 0.2) is 24.3 Å². The number of aromatic nitrogens is 2. The molecule has 1 heterocycles. The number of nitrogen functional groups attached to an aromatic ring is 1. The highest BCUT2D eigenvalue weighted by Crippen LogP contribution is 2.21. The van der Waals surface area contributed by atoms with Gasteiger partial charge in [0.15, 0.2) is 0 Å². The lowest BCUT2D eigenvalue weighted by atomic mass is 10.1. The molecule has 0 aliphatic rings. The zero-order valence-corrected chi connectivity index (χ0v) is 9.46. The van der Waals surface area contributed by atoms with Gasteiger partial charge in [0, 0.05) is 11.5 Å². The number of benzene rings is 1. The first kappa shape index (κ1) is 10.8. The van der Waals surface area contributed by atoms with Gasteiger partial charge in [0.25, 0.3) is 0 Å². The van der Waals surface area contributed by atoms with Crippen LogP contribution in [0.5, 0.6) is 0 Å². The van der Waals surface area contributed by atoms with E-state index in [2.05, 4.69) is 14.7 Å². The Morgan fingerprint density at radius 1 is 1.38 bits per heavy atom. The van der Waals surface area contributed by atoms with Crippen molar-refractivity contribution in [3.8, 4) is 0 Å². The molecule has 3 N–H and O–H groups in total. The van der Waals surface area contributed by atoms with E-state index < -0.39 is 0 Å². The standard InChI is InChI=1S/C10H11FN4S/c1-6(7-2-4-8(11)5-3-7)13-10-14-9(12)15-16-10/h2-6H,1H3,(H3,12,13,14,15). The first-order valence-electron chi connectivity index (χ1n) is 4.76. The fraction of sp³-hybridized carbons (Fsp3) is 0.200. The highest BCUT2D eigenvalue weighted by molar-refractivity contribution is 7.09. The number of halogens is 1. The van der Waals surface area contributed by atoms with Gasteiger partial charge < -0.3 is 11.1 Å². The third kappa shape index (κ3) is 2.46. The van der Waals surface area contributed by atoms with E-state index in [-0.39, 0.29) is 17.8 Å². The maximum atomic E-state index is 12.7. The van der Waals surface area contributed by atoms with Crippen molar-refractivity contribution in [3.63, 3.8) is 0 Å². The Bertz CT molecular complexity index is 468. The average molecular weight is 238 g/mol. The molecule has 1 atom stereocenters. The number of rotatable bonds is 3. The Morgan fingerprint density at radius 3 is 2.62 bits per heavy atom. The topological polar surface area (TPSA) is 63.8 Å². The Labute approximate surface area is 96.5 Å². The summed E-state index contributed by atoms with van der Waals surface area (Å²) in [4.78, 5) is 3.99. The molecule has 0 aliphatic carbocycles. The Balaban J connectivity index is 2.08. The van der Waals surface area contributed by atoms with Crippen molar-refractivity contribution < 1.29 is 4.39 Å². The monoisotopic (exact) mass is 238 g/mol. The lowest BCUT2D eigenvalue weighted by molar-refractivity contribution is 0.626.